The van der Waals surface area contributed by atoms with Gasteiger partial charge in [0, 0.05) is 92.8 Å². The summed E-state index contributed by atoms with van der Waals surface area (Å²) >= 11 is 1.40. The number of rotatable bonds is 10. The van der Waals surface area contributed by atoms with E-state index in [1.165, 1.54) is 27.3 Å². The molecule has 0 saturated carbocycles. The number of thiazole rings is 1. The van der Waals surface area contributed by atoms with Gasteiger partial charge in [0.1, 0.15) is 18.1 Å². The summed E-state index contributed by atoms with van der Waals surface area (Å²) in [5, 5.41) is 8.10. The molecular weight excluding hydrogens is 871 g/mol. The number of hydrogen-bond acceptors (Lipinski definition) is 11. The molecule has 3 aliphatic rings. The standard InChI is InChI=1S/C50H67N9O7S/c1-12-42(60)57-25-30(5)40(26-57)55(9)49(64)56(10)44(29(3)4)46(61)53-37-23-41-52-38(27-67-41)32-18-19-39-34(22-32)35(45(58(39)13-2)33-16-14-20-51-43(33)31(6)65-11)24-50(7,8)28-66-48(63)36-17-15-21-59(54-36)47(37)62/h12,14,16,18-20,22,27,29-31,36-37,40,44,54H,1,13,15,17,21,23-26,28H2,2-11H3,(H,53,61)/t30-,31+,36+,37+,40-,44+/m1/s1. The van der Waals surface area contributed by atoms with Crippen molar-refractivity contribution in [1.82, 2.24) is 45.0 Å². The Labute approximate surface area is 398 Å². The summed E-state index contributed by atoms with van der Waals surface area (Å²) in [5.41, 5.74) is 9.24. The van der Waals surface area contributed by atoms with Gasteiger partial charge in [-0.3, -0.25) is 29.2 Å². The summed E-state index contributed by atoms with van der Waals surface area (Å²) in [4.78, 5) is 84.3. The predicted molar refractivity (Wildman–Crippen MR) is 259 cm³/mol. The van der Waals surface area contributed by atoms with Crippen LogP contribution >= 0.6 is 11.3 Å². The first-order chi connectivity index (χ1) is 31.9. The number of hydrogen-bond donors (Lipinski definition) is 2. The van der Waals surface area contributed by atoms with Crippen LogP contribution in [0.15, 0.2) is 54.6 Å². The number of nitrogens with zero attached hydrogens (tertiary/aromatic N) is 7. The Morgan fingerprint density at radius 1 is 1.15 bits per heavy atom. The molecule has 6 atom stereocenters. The molecular formula is C50H67N9O7S. The number of methoxy groups -OCH3 is 1. The second-order valence-electron chi connectivity index (χ2n) is 19.5. The van der Waals surface area contributed by atoms with Crippen LogP contribution in [-0.4, -0.2) is 136 Å². The van der Waals surface area contributed by atoms with Crippen molar-refractivity contribution < 1.29 is 33.4 Å². The number of fused-ring (bicyclic) bond motifs is 6. The van der Waals surface area contributed by atoms with E-state index >= 15 is 0 Å². The summed E-state index contributed by atoms with van der Waals surface area (Å²) in [5.74, 6) is -1.92. The van der Waals surface area contributed by atoms with Crippen LogP contribution in [-0.2, 0) is 48.0 Å². The maximum atomic E-state index is 14.7. The number of likely N-dealkylation sites (tertiary alicyclic amines) is 1. The lowest BCUT2D eigenvalue weighted by Gasteiger charge is -2.38. The van der Waals surface area contributed by atoms with Gasteiger partial charge in [-0.1, -0.05) is 47.3 Å². The van der Waals surface area contributed by atoms with E-state index in [0.29, 0.717) is 50.4 Å². The van der Waals surface area contributed by atoms with Gasteiger partial charge in [0.2, 0.25) is 11.8 Å². The molecule has 0 unspecified atom stereocenters. The average molecular weight is 938 g/mol. The number of carbonyl (C=O) groups excluding carboxylic acids is 5. The average Bonchev–Trinajstić information content (AvgIpc) is 4.04. The fourth-order valence-electron chi connectivity index (χ4n) is 10.0. The minimum absolute atomic E-state index is 0.000812. The topological polar surface area (TPSA) is 172 Å². The van der Waals surface area contributed by atoms with Crippen LogP contribution in [0.1, 0.15) is 83.7 Å². The number of esters is 1. The number of pyridine rings is 1. The van der Waals surface area contributed by atoms with E-state index in [2.05, 4.69) is 66.9 Å². The fraction of sp³-hybridized carbons (Fsp3) is 0.540. The summed E-state index contributed by atoms with van der Waals surface area (Å²) < 4.78 is 14.2. The lowest BCUT2D eigenvalue weighted by molar-refractivity contribution is -0.155. The summed E-state index contributed by atoms with van der Waals surface area (Å²) in [7, 11) is 4.96. The lowest BCUT2D eigenvalue weighted by Crippen LogP contribution is -2.62. The smallest absolute Gasteiger partial charge is 0.324 e. The third-order valence-corrected chi connectivity index (χ3v) is 14.5. The number of cyclic esters (lactones) is 1. The second kappa shape index (κ2) is 20.3. The van der Waals surface area contributed by atoms with E-state index in [4.69, 9.17) is 19.4 Å². The van der Waals surface area contributed by atoms with Gasteiger partial charge in [-0.25, -0.2) is 15.2 Å². The molecule has 6 bridgehead atoms. The highest BCUT2D eigenvalue weighted by Gasteiger charge is 2.41. The van der Waals surface area contributed by atoms with E-state index in [9.17, 15) is 24.0 Å². The van der Waals surface area contributed by atoms with Crippen molar-refractivity contribution >= 4 is 52.0 Å². The molecule has 0 radical (unpaired) electrons. The van der Waals surface area contributed by atoms with E-state index in [0.717, 1.165) is 44.7 Å². The Morgan fingerprint density at radius 2 is 1.91 bits per heavy atom. The van der Waals surface area contributed by atoms with Crippen molar-refractivity contribution in [1.29, 1.82) is 0 Å². The van der Waals surface area contributed by atoms with Gasteiger partial charge in [-0.2, -0.15) is 0 Å². The molecule has 2 fully saturated rings. The van der Waals surface area contributed by atoms with E-state index in [-0.39, 0.29) is 48.9 Å². The van der Waals surface area contributed by atoms with Crippen LogP contribution in [0.2, 0.25) is 0 Å². The molecule has 0 spiro atoms. The molecule has 17 heteroatoms. The highest BCUT2D eigenvalue weighted by atomic mass is 32.1. The third-order valence-electron chi connectivity index (χ3n) is 13.6. The number of likely N-dealkylation sites (N-methyl/N-ethyl adjacent to an activating group) is 2. The first-order valence-corrected chi connectivity index (χ1v) is 24.3. The summed E-state index contributed by atoms with van der Waals surface area (Å²) in [6.07, 6.45) is 4.44. The number of hydrazine groups is 1. The molecule has 6 heterocycles. The fourth-order valence-corrected chi connectivity index (χ4v) is 10.9. The van der Waals surface area contributed by atoms with E-state index in [1.54, 1.807) is 37.2 Å². The molecule has 2 N–H and O–H groups in total. The molecule has 360 valence electrons. The van der Waals surface area contributed by atoms with Crippen molar-refractivity contribution in [3.63, 3.8) is 0 Å². The molecule has 3 aromatic heterocycles. The number of aromatic nitrogens is 3. The first-order valence-electron chi connectivity index (χ1n) is 23.4. The molecule has 67 heavy (non-hydrogen) atoms. The van der Waals surface area contributed by atoms with Gasteiger partial charge in [-0.05, 0) is 80.9 Å². The van der Waals surface area contributed by atoms with Crippen molar-refractivity contribution in [2.45, 2.75) is 111 Å². The number of amides is 5. The van der Waals surface area contributed by atoms with Crippen LogP contribution in [0, 0.1) is 17.3 Å². The highest BCUT2D eigenvalue weighted by Crippen LogP contribution is 2.42. The maximum Gasteiger partial charge on any atom is 0.324 e. The largest absolute Gasteiger partial charge is 0.464 e. The van der Waals surface area contributed by atoms with Crippen LogP contribution in [0.5, 0.6) is 0 Å². The Hall–Kier alpha value is -5.65. The molecule has 2 saturated heterocycles. The van der Waals surface area contributed by atoms with Gasteiger partial charge < -0.3 is 34.1 Å². The van der Waals surface area contributed by atoms with Crippen LogP contribution in [0.3, 0.4) is 0 Å². The van der Waals surface area contributed by atoms with E-state index in [1.807, 2.05) is 39.1 Å². The number of ether oxygens (including phenoxy) is 2. The van der Waals surface area contributed by atoms with Gasteiger partial charge in [0.15, 0.2) is 0 Å². The van der Waals surface area contributed by atoms with Crippen LogP contribution < -0.4 is 10.7 Å². The van der Waals surface area contributed by atoms with Crippen LogP contribution in [0.4, 0.5) is 4.79 Å². The molecule has 5 amide bonds. The molecule has 1 aromatic carbocycles. The van der Waals surface area contributed by atoms with Crippen molar-refractivity contribution in [2.75, 3.05) is 47.4 Å². The molecule has 0 aliphatic carbocycles. The number of aryl methyl sites for hydroxylation is 1. The van der Waals surface area contributed by atoms with Gasteiger partial charge in [-0.15, -0.1) is 11.3 Å². The summed E-state index contributed by atoms with van der Waals surface area (Å²) in [6.45, 7) is 19.6. The SMILES string of the molecule is C=CC(=O)N1C[C@@H](C)[C@H](N(C)C(=O)N(C)[C@H](C(=O)N[C@H]2Cc3nc(cs3)-c3ccc4c(c3)c(c(-c3cccnc3[C@H](C)OC)n4CC)CC(C)(C)COC(=O)[C@@H]3CCCN(N3)C2=O)C(C)C)C1. The van der Waals surface area contributed by atoms with Gasteiger partial charge >= 0.3 is 12.0 Å². The van der Waals surface area contributed by atoms with Gasteiger partial charge in [0.05, 0.1) is 40.8 Å². The number of carbonyl (C=O) groups is 5. The Bertz CT molecular complexity index is 2520. The molecule has 16 nitrogen and oxygen atoms in total. The molecule has 4 aromatic rings. The molecule has 3 aliphatic heterocycles. The lowest BCUT2D eigenvalue weighted by atomic mass is 9.84. The molecule has 7 rings (SSSR count). The number of nitrogens with one attached hydrogen (secondary N) is 2. The van der Waals surface area contributed by atoms with Gasteiger partial charge in [0.25, 0.3) is 5.91 Å². The summed E-state index contributed by atoms with van der Waals surface area (Å²) in [6, 6.07) is 6.91. The van der Waals surface area contributed by atoms with Crippen molar-refractivity contribution in [2.24, 2.45) is 17.3 Å². The van der Waals surface area contributed by atoms with E-state index < -0.39 is 41.3 Å². The highest BCUT2D eigenvalue weighted by molar-refractivity contribution is 7.10. The first kappa shape index (κ1) is 49.3. The third kappa shape index (κ3) is 10.1. The minimum atomic E-state index is -1.10. The number of urea groups is 1. The number of benzene rings is 1. The zero-order valence-corrected chi connectivity index (χ0v) is 41.4. The predicted octanol–water partition coefficient (Wildman–Crippen LogP) is 6.24. The zero-order valence-electron chi connectivity index (χ0n) is 40.6. The Kier molecular flexibility index (Phi) is 14.9. The Balaban J connectivity index is 1.25. The zero-order chi connectivity index (χ0) is 48.5. The quantitative estimate of drug-likeness (QED) is 0.137. The normalized spacial score (nSPS) is 22.0. The monoisotopic (exact) mass is 937 g/mol. The second-order valence-corrected chi connectivity index (χ2v) is 20.4. The Morgan fingerprint density at radius 3 is 2.61 bits per heavy atom. The van der Waals surface area contributed by atoms with Crippen molar-refractivity contribution in [3.8, 4) is 22.5 Å². The van der Waals surface area contributed by atoms with Crippen molar-refractivity contribution in [3.05, 3.63) is 70.8 Å². The maximum absolute atomic E-state index is 14.7. The minimum Gasteiger partial charge on any atom is -0.464 e. The van der Waals surface area contributed by atoms with Crippen LogP contribution in [0.25, 0.3) is 33.4 Å².